The van der Waals surface area contributed by atoms with Crippen molar-refractivity contribution in [3.63, 3.8) is 0 Å². The number of hydrogen-bond donors (Lipinski definition) is 0. The average molecular weight is 488 g/mol. The van der Waals surface area contributed by atoms with Crippen LogP contribution in [0.15, 0.2) is 128 Å². The van der Waals surface area contributed by atoms with Gasteiger partial charge in [0.15, 0.2) is 0 Å². The molecule has 0 saturated heterocycles. The van der Waals surface area contributed by atoms with E-state index in [0.29, 0.717) is 0 Å². The summed E-state index contributed by atoms with van der Waals surface area (Å²) in [6.07, 6.45) is 7.71. The number of para-hydroxylation sites is 1. The van der Waals surface area contributed by atoms with Crippen LogP contribution in [0.1, 0.15) is 0 Å². The average Bonchev–Trinajstić information content (AvgIpc) is 3.57. The molecule has 0 aliphatic heterocycles. The molecule has 5 nitrogen and oxygen atoms in total. The molecule has 5 heterocycles. The normalized spacial score (nSPS) is 11.7. The second-order valence-corrected chi connectivity index (χ2v) is 9.41. The Kier molecular flexibility index (Phi) is 4.45. The molecule has 0 aliphatic carbocycles. The van der Waals surface area contributed by atoms with E-state index in [9.17, 15) is 0 Å². The summed E-state index contributed by atoms with van der Waals surface area (Å²) in [6, 6.07) is 35.7. The zero-order valence-corrected chi connectivity index (χ0v) is 20.4. The Morgan fingerprint density at radius 2 is 1.47 bits per heavy atom. The molecule has 0 atom stereocenters. The molecule has 0 N–H and O–H groups in total. The van der Waals surface area contributed by atoms with E-state index in [-0.39, 0.29) is 0 Å². The SMILES string of the molecule is c1ccc(-n2ccc3c4c5ccc6ccccc6c5n(-c5cccc(-c6ccncc6)n5)c4ncc32)cc1. The van der Waals surface area contributed by atoms with Crippen molar-refractivity contribution in [2.24, 2.45) is 0 Å². The molecule has 3 aromatic carbocycles. The maximum atomic E-state index is 5.12. The first-order valence-electron chi connectivity index (χ1n) is 12.6. The highest BCUT2D eigenvalue weighted by atomic mass is 15.1. The largest absolute Gasteiger partial charge is 0.315 e. The zero-order chi connectivity index (χ0) is 25.1. The van der Waals surface area contributed by atoms with E-state index in [0.717, 1.165) is 44.8 Å². The molecule has 0 amide bonds. The van der Waals surface area contributed by atoms with E-state index in [1.807, 2.05) is 30.5 Å². The summed E-state index contributed by atoms with van der Waals surface area (Å²) >= 11 is 0. The number of rotatable bonds is 3. The monoisotopic (exact) mass is 487 g/mol. The summed E-state index contributed by atoms with van der Waals surface area (Å²) in [6.45, 7) is 0. The van der Waals surface area contributed by atoms with Crippen LogP contribution in [0, 0.1) is 0 Å². The number of fused-ring (bicyclic) bond motifs is 7. The van der Waals surface area contributed by atoms with Crippen LogP contribution >= 0.6 is 0 Å². The smallest absolute Gasteiger partial charge is 0.147 e. The minimum absolute atomic E-state index is 0.838. The Morgan fingerprint density at radius 3 is 2.37 bits per heavy atom. The van der Waals surface area contributed by atoms with E-state index in [2.05, 4.69) is 99.2 Å². The molecule has 0 radical (unpaired) electrons. The minimum atomic E-state index is 0.838. The van der Waals surface area contributed by atoms with Crippen molar-refractivity contribution in [3.05, 3.63) is 128 Å². The minimum Gasteiger partial charge on any atom is -0.315 e. The van der Waals surface area contributed by atoms with E-state index in [1.54, 1.807) is 12.4 Å². The standard InChI is InChI=1S/C33H21N5/c1-2-8-24(9-3-1)37-20-17-26-29(37)21-35-33-31(26)27-14-13-22-7-4-5-10-25(22)32(27)38(33)30-12-6-11-28(36-30)23-15-18-34-19-16-23/h1-21H. The first-order valence-corrected chi connectivity index (χ1v) is 12.6. The van der Waals surface area contributed by atoms with Gasteiger partial charge >= 0.3 is 0 Å². The van der Waals surface area contributed by atoms with Gasteiger partial charge in [-0.2, -0.15) is 0 Å². The number of hydrogen-bond acceptors (Lipinski definition) is 3. The predicted molar refractivity (Wildman–Crippen MR) is 154 cm³/mol. The molecule has 5 heteroatoms. The van der Waals surface area contributed by atoms with Gasteiger partial charge in [-0.1, -0.05) is 60.7 Å². The highest BCUT2D eigenvalue weighted by molar-refractivity contribution is 6.24. The Balaban J connectivity index is 1.50. The van der Waals surface area contributed by atoms with Crippen LogP contribution in [0.25, 0.3) is 66.4 Å². The highest BCUT2D eigenvalue weighted by Gasteiger charge is 2.20. The van der Waals surface area contributed by atoms with E-state index in [1.165, 1.54) is 21.5 Å². The van der Waals surface area contributed by atoms with Gasteiger partial charge in [-0.05, 0) is 47.9 Å². The first-order chi connectivity index (χ1) is 18.9. The first kappa shape index (κ1) is 20.9. The molecule has 0 fully saturated rings. The topological polar surface area (TPSA) is 48.5 Å². The Morgan fingerprint density at radius 1 is 0.632 bits per heavy atom. The lowest BCUT2D eigenvalue weighted by Gasteiger charge is -2.10. The summed E-state index contributed by atoms with van der Waals surface area (Å²) in [5.41, 5.74) is 6.14. The second-order valence-electron chi connectivity index (χ2n) is 9.41. The fraction of sp³-hybridized carbons (Fsp3) is 0. The number of nitrogens with zero attached hydrogens (tertiary/aromatic N) is 5. The van der Waals surface area contributed by atoms with Gasteiger partial charge in [-0.15, -0.1) is 0 Å². The van der Waals surface area contributed by atoms with E-state index >= 15 is 0 Å². The van der Waals surface area contributed by atoms with Gasteiger partial charge in [0.05, 0.1) is 22.9 Å². The fourth-order valence-electron chi connectivity index (χ4n) is 5.60. The third-order valence-electron chi connectivity index (χ3n) is 7.31. The van der Waals surface area contributed by atoms with Crippen LogP contribution in [0.2, 0.25) is 0 Å². The number of aromatic nitrogens is 5. The summed E-state index contributed by atoms with van der Waals surface area (Å²) < 4.78 is 4.42. The number of benzene rings is 3. The van der Waals surface area contributed by atoms with E-state index in [4.69, 9.17) is 9.97 Å². The maximum Gasteiger partial charge on any atom is 0.147 e. The van der Waals surface area contributed by atoms with Gasteiger partial charge in [0.1, 0.15) is 11.5 Å². The lowest BCUT2D eigenvalue weighted by molar-refractivity contribution is 1.06. The molecule has 8 rings (SSSR count). The quantitative estimate of drug-likeness (QED) is 0.256. The fourth-order valence-corrected chi connectivity index (χ4v) is 5.60. The van der Waals surface area contributed by atoms with Crippen LogP contribution in [-0.4, -0.2) is 24.1 Å². The molecule has 0 unspecified atom stereocenters. The summed E-state index contributed by atoms with van der Waals surface area (Å²) in [5, 5.41) is 5.83. The molecular formula is C33H21N5. The van der Waals surface area contributed by atoms with Crippen LogP contribution in [0.3, 0.4) is 0 Å². The van der Waals surface area contributed by atoms with Crippen molar-refractivity contribution in [3.8, 4) is 22.8 Å². The van der Waals surface area contributed by atoms with Crippen molar-refractivity contribution in [1.82, 2.24) is 24.1 Å². The van der Waals surface area contributed by atoms with Gasteiger partial charge in [0, 0.05) is 51.4 Å². The molecule has 0 aliphatic rings. The third-order valence-corrected chi connectivity index (χ3v) is 7.31. The molecule has 0 saturated carbocycles. The van der Waals surface area contributed by atoms with Gasteiger partial charge in [0.2, 0.25) is 0 Å². The van der Waals surface area contributed by atoms with E-state index < -0.39 is 0 Å². The van der Waals surface area contributed by atoms with Crippen LogP contribution in [-0.2, 0) is 0 Å². The molecule has 8 aromatic rings. The third kappa shape index (κ3) is 3.02. The Labute approximate surface area is 218 Å². The van der Waals surface area contributed by atoms with Crippen LogP contribution in [0.4, 0.5) is 0 Å². The second kappa shape index (κ2) is 8.11. The Bertz CT molecular complexity index is 2120. The van der Waals surface area contributed by atoms with Gasteiger partial charge in [0.25, 0.3) is 0 Å². The highest BCUT2D eigenvalue weighted by Crippen LogP contribution is 2.39. The number of pyridine rings is 3. The molecule has 178 valence electrons. The molecule has 0 spiro atoms. The van der Waals surface area contributed by atoms with Gasteiger partial charge in [-0.3, -0.25) is 9.55 Å². The van der Waals surface area contributed by atoms with Crippen molar-refractivity contribution in [2.45, 2.75) is 0 Å². The van der Waals surface area contributed by atoms with Crippen molar-refractivity contribution in [2.75, 3.05) is 0 Å². The maximum absolute atomic E-state index is 5.12. The molecular weight excluding hydrogens is 466 g/mol. The summed E-state index contributed by atoms with van der Waals surface area (Å²) in [4.78, 5) is 14.4. The molecule has 0 bridgehead atoms. The van der Waals surface area contributed by atoms with Crippen molar-refractivity contribution >= 4 is 43.6 Å². The summed E-state index contributed by atoms with van der Waals surface area (Å²) in [5.74, 6) is 0.838. The lowest BCUT2D eigenvalue weighted by Crippen LogP contribution is -2.00. The van der Waals surface area contributed by atoms with Crippen LogP contribution < -0.4 is 0 Å². The Hall–Kier alpha value is -5.29. The van der Waals surface area contributed by atoms with Gasteiger partial charge < -0.3 is 4.57 Å². The summed E-state index contributed by atoms with van der Waals surface area (Å²) in [7, 11) is 0. The van der Waals surface area contributed by atoms with Crippen molar-refractivity contribution < 1.29 is 0 Å². The zero-order valence-electron chi connectivity index (χ0n) is 20.4. The van der Waals surface area contributed by atoms with Crippen molar-refractivity contribution in [1.29, 1.82) is 0 Å². The molecule has 5 aromatic heterocycles. The van der Waals surface area contributed by atoms with Gasteiger partial charge in [-0.25, -0.2) is 9.97 Å². The van der Waals surface area contributed by atoms with Crippen LogP contribution in [0.5, 0.6) is 0 Å². The lowest BCUT2D eigenvalue weighted by atomic mass is 10.1. The molecule has 38 heavy (non-hydrogen) atoms. The predicted octanol–water partition coefficient (Wildman–Crippen LogP) is 7.73.